The van der Waals surface area contributed by atoms with Crippen LogP contribution < -0.4 is 9.64 Å². The van der Waals surface area contributed by atoms with Gasteiger partial charge in [-0.05, 0) is 44.4 Å². The Labute approximate surface area is 124 Å². The van der Waals surface area contributed by atoms with Crippen LogP contribution in [0.5, 0.6) is 5.75 Å². The van der Waals surface area contributed by atoms with E-state index < -0.39 is 11.6 Å². The third-order valence-electron chi connectivity index (χ3n) is 3.55. The van der Waals surface area contributed by atoms with Crippen LogP contribution in [0.4, 0.5) is 5.69 Å². The Morgan fingerprint density at radius 1 is 1.38 bits per heavy atom. The molecule has 0 fully saturated rings. The van der Waals surface area contributed by atoms with Crippen LogP contribution in [0.25, 0.3) is 0 Å². The minimum absolute atomic E-state index is 0.0984. The summed E-state index contributed by atoms with van der Waals surface area (Å²) >= 11 is 0. The van der Waals surface area contributed by atoms with Gasteiger partial charge in [-0.1, -0.05) is 13.8 Å². The van der Waals surface area contributed by atoms with Gasteiger partial charge in [-0.3, -0.25) is 4.79 Å². The maximum atomic E-state index is 12.5. The molecular formula is C16H21NO4. The summed E-state index contributed by atoms with van der Waals surface area (Å²) in [5.74, 6) is -0.183. The number of nitrogens with zero attached hydrogens (tertiary/aromatic N) is 1. The number of carboxylic acids is 1. The molecule has 1 aromatic carbocycles. The van der Waals surface area contributed by atoms with E-state index in [1.54, 1.807) is 24.8 Å². The number of hydrogen-bond acceptors (Lipinski definition) is 3. The molecule has 0 saturated heterocycles. The van der Waals surface area contributed by atoms with Crippen molar-refractivity contribution < 1.29 is 19.4 Å². The summed E-state index contributed by atoms with van der Waals surface area (Å²) < 4.78 is 5.70. The number of ether oxygens (including phenoxy) is 1. The summed E-state index contributed by atoms with van der Waals surface area (Å²) in [6, 6.07) is 4.62. The normalized spacial score (nSPS) is 16.6. The molecule has 1 heterocycles. The predicted molar refractivity (Wildman–Crippen MR) is 79.9 cm³/mol. The molecule has 0 bridgehead atoms. The molecule has 5 heteroatoms. The molecule has 1 aromatic rings. The van der Waals surface area contributed by atoms with E-state index in [9.17, 15) is 9.59 Å². The molecule has 5 nitrogen and oxygen atoms in total. The predicted octanol–water partition coefficient (Wildman–Crippen LogP) is 2.93. The fourth-order valence-electron chi connectivity index (χ4n) is 2.31. The summed E-state index contributed by atoms with van der Waals surface area (Å²) in [6.45, 7) is 8.21. The minimum atomic E-state index is -1.01. The largest absolute Gasteiger partial charge is 0.478 e. The molecule has 0 spiro atoms. The molecule has 1 amide bonds. The van der Waals surface area contributed by atoms with Crippen LogP contribution in [0.3, 0.4) is 0 Å². The van der Waals surface area contributed by atoms with E-state index in [4.69, 9.17) is 9.84 Å². The summed E-state index contributed by atoms with van der Waals surface area (Å²) in [5.41, 5.74) is -0.186. The third kappa shape index (κ3) is 3.01. The van der Waals surface area contributed by atoms with Crippen molar-refractivity contribution in [3.05, 3.63) is 23.8 Å². The van der Waals surface area contributed by atoms with E-state index in [1.165, 1.54) is 12.1 Å². The Hall–Kier alpha value is -2.04. The second-order valence-corrected chi connectivity index (χ2v) is 6.24. The van der Waals surface area contributed by atoms with E-state index in [0.717, 1.165) is 6.42 Å². The van der Waals surface area contributed by atoms with E-state index in [2.05, 4.69) is 13.8 Å². The van der Waals surface area contributed by atoms with Crippen molar-refractivity contribution in [3.63, 3.8) is 0 Å². The second kappa shape index (κ2) is 5.39. The number of benzene rings is 1. The monoisotopic (exact) mass is 291 g/mol. The lowest BCUT2D eigenvalue weighted by Gasteiger charge is -2.39. The zero-order valence-corrected chi connectivity index (χ0v) is 12.8. The van der Waals surface area contributed by atoms with Crippen molar-refractivity contribution >= 4 is 17.6 Å². The first-order valence-corrected chi connectivity index (χ1v) is 7.10. The molecule has 21 heavy (non-hydrogen) atoms. The summed E-state index contributed by atoms with van der Waals surface area (Å²) in [4.78, 5) is 25.3. The van der Waals surface area contributed by atoms with Crippen LogP contribution >= 0.6 is 0 Å². The van der Waals surface area contributed by atoms with Crippen molar-refractivity contribution in [2.75, 3.05) is 11.4 Å². The van der Waals surface area contributed by atoms with Crippen LogP contribution in [0.1, 0.15) is 44.5 Å². The van der Waals surface area contributed by atoms with Crippen molar-refractivity contribution in [2.45, 2.75) is 39.7 Å². The zero-order valence-electron chi connectivity index (χ0n) is 12.8. The molecule has 0 aliphatic carbocycles. The van der Waals surface area contributed by atoms with Gasteiger partial charge in [-0.25, -0.2) is 4.79 Å². The quantitative estimate of drug-likeness (QED) is 0.926. The topological polar surface area (TPSA) is 66.8 Å². The van der Waals surface area contributed by atoms with Gasteiger partial charge in [0, 0.05) is 6.54 Å². The number of fused-ring (bicyclic) bond motifs is 1. The van der Waals surface area contributed by atoms with E-state index >= 15 is 0 Å². The molecule has 1 aliphatic heterocycles. The van der Waals surface area contributed by atoms with Crippen molar-refractivity contribution in [2.24, 2.45) is 5.92 Å². The lowest BCUT2D eigenvalue weighted by Crippen LogP contribution is -2.53. The minimum Gasteiger partial charge on any atom is -0.478 e. The second-order valence-electron chi connectivity index (χ2n) is 6.24. The lowest BCUT2D eigenvalue weighted by atomic mass is 10.0. The lowest BCUT2D eigenvalue weighted by molar-refractivity contribution is -0.132. The van der Waals surface area contributed by atoms with E-state index in [0.29, 0.717) is 23.9 Å². The van der Waals surface area contributed by atoms with Gasteiger partial charge in [0.15, 0.2) is 5.60 Å². The number of anilines is 1. The fourth-order valence-corrected chi connectivity index (χ4v) is 2.31. The molecule has 1 N–H and O–H groups in total. The van der Waals surface area contributed by atoms with E-state index in [1.807, 2.05) is 0 Å². The Morgan fingerprint density at radius 3 is 2.62 bits per heavy atom. The Bertz CT molecular complexity index is 578. The fraction of sp³-hybridized carbons (Fsp3) is 0.500. The Morgan fingerprint density at radius 2 is 2.05 bits per heavy atom. The maximum absolute atomic E-state index is 12.5. The Kier molecular flexibility index (Phi) is 3.94. The van der Waals surface area contributed by atoms with Gasteiger partial charge in [0.05, 0.1) is 11.3 Å². The van der Waals surface area contributed by atoms with Crippen molar-refractivity contribution in [3.8, 4) is 5.75 Å². The number of rotatable bonds is 4. The molecule has 1 aliphatic rings. The molecular weight excluding hydrogens is 270 g/mol. The van der Waals surface area contributed by atoms with Gasteiger partial charge < -0.3 is 14.7 Å². The highest BCUT2D eigenvalue weighted by molar-refractivity contribution is 6.03. The molecule has 0 unspecified atom stereocenters. The number of carboxylic acid groups (broad SMARTS) is 1. The Balaban J connectivity index is 2.42. The van der Waals surface area contributed by atoms with Gasteiger partial charge in [0.1, 0.15) is 5.75 Å². The van der Waals surface area contributed by atoms with Gasteiger partial charge in [0.25, 0.3) is 5.91 Å². The first-order valence-electron chi connectivity index (χ1n) is 7.10. The van der Waals surface area contributed by atoms with Gasteiger partial charge in [0.2, 0.25) is 0 Å². The third-order valence-corrected chi connectivity index (χ3v) is 3.55. The van der Waals surface area contributed by atoms with Crippen LogP contribution in [0.15, 0.2) is 18.2 Å². The first-order chi connectivity index (χ1) is 9.72. The van der Waals surface area contributed by atoms with Gasteiger partial charge in [-0.15, -0.1) is 0 Å². The number of aromatic carboxylic acids is 1. The molecule has 0 saturated carbocycles. The SMILES string of the molecule is CC(C)CCN1C(=O)C(C)(C)Oc2cc(C(=O)O)ccc21. The highest BCUT2D eigenvalue weighted by Gasteiger charge is 2.40. The smallest absolute Gasteiger partial charge is 0.335 e. The first kappa shape index (κ1) is 15.4. The zero-order chi connectivity index (χ0) is 15.8. The number of amides is 1. The number of carbonyl (C=O) groups excluding carboxylic acids is 1. The van der Waals surface area contributed by atoms with Crippen LogP contribution in [0, 0.1) is 5.92 Å². The molecule has 0 radical (unpaired) electrons. The molecule has 114 valence electrons. The van der Waals surface area contributed by atoms with Crippen molar-refractivity contribution in [1.82, 2.24) is 0 Å². The summed E-state index contributed by atoms with van der Waals surface area (Å²) in [5, 5.41) is 9.07. The van der Waals surface area contributed by atoms with E-state index in [-0.39, 0.29) is 11.5 Å². The average molecular weight is 291 g/mol. The average Bonchev–Trinajstić information content (AvgIpc) is 2.38. The highest BCUT2D eigenvalue weighted by Crippen LogP contribution is 2.38. The molecule has 0 atom stereocenters. The maximum Gasteiger partial charge on any atom is 0.335 e. The standard InChI is InChI=1S/C16H21NO4/c1-10(2)7-8-17-12-6-5-11(14(18)19)9-13(12)21-16(3,4)15(17)20/h5-6,9-10H,7-8H2,1-4H3,(H,18,19). The molecule has 0 aromatic heterocycles. The number of hydrogen-bond donors (Lipinski definition) is 1. The molecule has 2 rings (SSSR count). The number of carbonyl (C=O) groups is 2. The van der Waals surface area contributed by atoms with Crippen LogP contribution in [-0.4, -0.2) is 29.1 Å². The van der Waals surface area contributed by atoms with Crippen LogP contribution in [-0.2, 0) is 4.79 Å². The van der Waals surface area contributed by atoms with Crippen molar-refractivity contribution in [1.29, 1.82) is 0 Å². The van der Waals surface area contributed by atoms with Gasteiger partial charge >= 0.3 is 5.97 Å². The summed E-state index contributed by atoms with van der Waals surface area (Å²) in [7, 11) is 0. The highest BCUT2D eigenvalue weighted by atomic mass is 16.5. The van der Waals surface area contributed by atoms with Crippen LogP contribution in [0.2, 0.25) is 0 Å². The summed E-state index contributed by atoms with van der Waals surface area (Å²) in [6.07, 6.45) is 0.877. The van der Waals surface area contributed by atoms with Gasteiger partial charge in [-0.2, -0.15) is 0 Å².